The predicted molar refractivity (Wildman–Crippen MR) is 114 cm³/mol. The van der Waals surface area contributed by atoms with E-state index in [0.717, 1.165) is 29.6 Å². The zero-order valence-electron chi connectivity index (χ0n) is 16.5. The number of carbonyl (C=O) groups is 1. The molecule has 2 aromatic heterocycles. The number of aromatic nitrogens is 3. The summed E-state index contributed by atoms with van der Waals surface area (Å²) in [5.74, 6) is -0.0381. The van der Waals surface area contributed by atoms with Gasteiger partial charge in [0.2, 0.25) is 0 Å². The Bertz CT molecular complexity index is 1160. The summed E-state index contributed by atoms with van der Waals surface area (Å²) < 4.78 is 1.96. The van der Waals surface area contributed by atoms with Crippen molar-refractivity contribution in [1.29, 1.82) is 0 Å². The van der Waals surface area contributed by atoms with E-state index in [-0.39, 0.29) is 11.9 Å². The van der Waals surface area contributed by atoms with Crippen molar-refractivity contribution in [2.24, 2.45) is 0 Å². The third kappa shape index (κ3) is 3.33. The van der Waals surface area contributed by atoms with Crippen molar-refractivity contribution >= 4 is 16.8 Å². The first-order chi connectivity index (χ1) is 14.2. The van der Waals surface area contributed by atoms with Gasteiger partial charge in [0, 0.05) is 40.2 Å². The number of imidazole rings is 1. The van der Waals surface area contributed by atoms with E-state index in [4.69, 9.17) is 0 Å². The highest BCUT2D eigenvalue weighted by molar-refractivity contribution is 5.99. The van der Waals surface area contributed by atoms with E-state index in [1.807, 2.05) is 60.2 Å². The number of nitrogens with zero attached hydrogens (tertiary/aromatic N) is 2. The molecule has 0 fully saturated rings. The van der Waals surface area contributed by atoms with E-state index in [0.29, 0.717) is 5.56 Å². The first kappa shape index (κ1) is 17.7. The molecule has 5 nitrogen and oxygen atoms in total. The predicted octanol–water partition coefficient (Wildman–Crippen LogP) is 4.72. The fourth-order valence-corrected chi connectivity index (χ4v) is 4.26. The molecule has 5 heteroatoms. The Morgan fingerprint density at radius 3 is 2.76 bits per heavy atom. The van der Waals surface area contributed by atoms with Gasteiger partial charge in [0.25, 0.3) is 5.91 Å². The van der Waals surface area contributed by atoms with E-state index < -0.39 is 0 Å². The number of benzene rings is 2. The highest BCUT2D eigenvalue weighted by atomic mass is 16.1. The van der Waals surface area contributed by atoms with Gasteiger partial charge in [-0.2, -0.15) is 0 Å². The number of hydrogen-bond acceptors (Lipinski definition) is 2. The maximum atomic E-state index is 12.9. The van der Waals surface area contributed by atoms with Gasteiger partial charge in [-0.1, -0.05) is 12.1 Å². The molecule has 29 heavy (non-hydrogen) atoms. The molecule has 0 bridgehead atoms. The lowest BCUT2D eigenvalue weighted by atomic mass is 9.95. The normalized spacial score (nSPS) is 14.5. The van der Waals surface area contributed by atoms with Crippen LogP contribution >= 0.6 is 0 Å². The van der Waals surface area contributed by atoms with Gasteiger partial charge < -0.3 is 14.9 Å². The highest BCUT2D eigenvalue weighted by Gasteiger charge is 2.18. The van der Waals surface area contributed by atoms with Gasteiger partial charge in [-0.15, -0.1) is 0 Å². The number of hydrogen-bond donors (Lipinski definition) is 2. The Morgan fingerprint density at radius 2 is 1.97 bits per heavy atom. The minimum Gasteiger partial charge on any atom is -0.358 e. The monoisotopic (exact) mass is 384 g/mol. The van der Waals surface area contributed by atoms with Gasteiger partial charge in [0.05, 0.1) is 12.4 Å². The zero-order chi connectivity index (χ0) is 19.8. The van der Waals surface area contributed by atoms with Gasteiger partial charge in [-0.25, -0.2) is 4.98 Å². The van der Waals surface area contributed by atoms with E-state index >= 15 is 0 Å². The lowest BCUT2D eigenvalue weighted by molar-refractivity contribution is 0.0940. The fraction of sp³-hybridized carbons (Fsp3) is 0.250. The zero-order valence-corrected chi connectivity index (χ0v) is 16.5. The quantitative estimate of drug-likeness (QED) is 0.535. The molecule has 0 aliphatic heterocycles. The molecular formula is C24H24N4O. The summed E-state index contributed by atoms with van der Waals surface area (Å²) in [6.07, 6.45) is 10.1. The topological polar surface area (TPSA) is 62.7 Å². The van der Waals surface area contributed by atoms with Crippen LogP contribution in [0, 0.1) is 0 Å². The van der Waals surface area contributed by atoms with Gasteiger partial charge in [0.1, 0.15) is 0 Å². The van der Waals surface area contributed by atoms with Crippen LogP contribution in [0.5, 0.6) is 0 Å². The molecule has 0 saturated carbocycles. The Balaban J connectivity index is 1.34. The van der Waals surface area contributed by atoms with Crippen molar-refractivity contribution in [2.75, 3.05) is 0 Å². The fourth-order valence-electron chi connectivity index (χ4n) is 4.26. The molecule has 2 N–H and O–H groups in total. The maximum Gasteiger partial charge on any atom is 0.251 e. The van der Waals surface area contributed by atoms with Crippen LogP contribution in [0.2, 0.25) is 0 Å². The number of H-pyrrole nitrogens is 1. The van der Waals surface area contributed by atoms with Crippen LogP contribution in [0.4, 0.5) is 0 Å². The van der Waals surface area contributed by atoms with Crippen LogP contribution in [0.1, 0.15) is 53.0 Å². The number of carbonyl (C=O) groups excluding carboxylic acids is 1. The molecule has 1 amide bonds. The summed E-state index contributed by atoms with van der Waals surface area (Å²) >= 11 is 0. The summed E-state index contributed by atoms with van der Waals surface area (Å²) in [4.78, 5) is 20.5. The highest BCUT2D eigenvalue weighted by Crippen LogP contribution is 2.30. The van der Waals surface area contributed by atoms with E-state index in [2.05, 4.69) is 15.3 Å². The molecule has 0 saturated heterocycles. The molecule has 0 radical (unpaired) electrons. The molecular weight excluding hydrogens is 360 g/mol. The number of nitrogens with one attached hydrogen (secondary N) is 2. The van der Waals surface area contributed by atoms with Crippen molar-refractivity contribution in [2.45, 2.75) is 38.6 Å². The summed E-state index contributed by atoms with van der Waals surface area (Å²) in [6, 6.07) is 14.1. The van der Waals surface area contributed by atoms with Crippen LogP contribution in [0.25, 0.3) is 16.6 Å². The number of fused-ring (bicyclic) bond motifs is 3. The lowest BCUT2D eigenvalue weighted by Crippen LogP contribution is -2.26. The number of rotatable bonds is 4. The standard InChI is InChI=1S/C24H24N4O/c1-16(17-6-9-19(10-7-17)28-13-12-25-15-28)26-24(29)18-8-11-23-21(14-18)20-4-2-3-5-22(20)27-23/h6-16,27H,2-5H2,1H3,(H,26,29)/t16-/m1/s1. The van der Waals surface area contributed by atoms with Crippen LogP contribution in [-0.2, 0) is 12.8 Å². The molecule has 1 aliphatic rings. The summed E-state index contributed by atoms with van der Waals surface area (Å²) in [5.41, 5.74) is 6.71. The second-order valence-electron chi connectivity index (χ2n) is 7.81. The Morgan fingerprint density at radius 1 is 1.14 bits per heavy atom. The second-order valence-corrected chi connectivity index (χ2v) is 7.81. The van der Waals surface area contributed by atoms with Crippen LogP contribution < -0.4 is 5.32 Å². The number of aryl methyl sites for hydroxylation is 2. The van der Waals surface area contributed by atoms with Crippen molar-refractivity contribution in [3.8, 4) is 5.69 Å². The average molecular weight is 384 g/mol. The van der Waals surface area contributed by atoms with Gasteiger partial charge in [-0.05, 0) is 74.1 Å². The first-order valence-electron chi connectivity index (χ1n) is 10.2. The SMILES string of the molecule is C[C@@H](NC(=O)c1ccc2[nH]c3c(c2c1)CCCC3)c1ccc(-n2ccnc2)cc1. The van der Waals surface area contributed by atoms with Gasteiger partial charge in [-0.3, -0.25) is 4.79 Å². The molecule has 0 spiro atoms. The number of amides is 1. The molecule has 5 rings (SSSR count). The van der Waals surface area contributed by atoms with Crippen LogP contribution in [0.15, 0.2) is 61.2 Å². The van der Waals surface area contributed by atoms with Crippen molar-refractivity contribution in [3.63, 3.8) is 0 Å². The van der Waals surface area contributed by atoms with E-state index in [9.17, 15) is 4.79 Å². The maximum absolute atomic E-state index is 12.9. The van der Waals surface area contributed by atoms with Gasteiger partial charge in [0.15, 0.2) is 0 Å². The van der Waals surface area contributed by atoms with Crippen LogP contribution in [-0.4, -0.2) is 20.4 Å². The molecule has 1 aliphatic carbocycles. The molecule has 2 aromatic carbocycles. The van der Waals surface area contributed by atoms with Crippen LogP contribution in [0.3, 0.4) is 0 Å². The molecule has 1 atom stereocenters. The van der Waals surface area contributed by atoms with E-state index in [1.165, 1.54) is 29.5 Å². The smallest absolute Gasteiger partial charge is 0.251 e. The number of aromatic amines is 1. The minimum atomic E-state index is -0.0739. The summed E-state index contributed by atoms with van der Waals surface area (Å²) in [7, 11) is 0. The molecule has 0 unspecified atom stereocenters. The Kier molecular flexibility index (Phi) is 4.43. The first-order valence-corrected chi connectivity index (χ1v) is 10.2. The average Bonchev–Trinajstić information content (AvgIpc) is 3.41. The van der Waals surface area contributed by atoms with Gasteiger partial charge >= 0.3 is 0 Å². The molecule has 2 heterocycles. The summed E-state index contributed by atoms with van der Waals surface area (Å²) in [5, 5.41) is 4.33. The second kappa shape index (κ2) is 7.24. The Labute approximate surface area is 169 Å². The largest absolute Gasteiger partial charge is 0.358 e. The summed E-state index contributed by atoms with van der Waals surface area (Å²) in [6.45, 7) is 2.01. The molecule has 4 aromatic rings. The van der Waals surface area contributed by atoms with E-state index in [1.54, 1.807) is 12.5 Å². The minimum absolute atomic E-state index is 0.0381. The van der Waals surface area contributed by atoms with Crippen molar-refractivity contribution in [1.82, 2.24) is 19.9 Å². The third-order valence-electron chi connectivity index (χ3n) is 5.90. The Hall–Kier alpha value is -3.34. The van der Waals surface area contributed by atoms with Crippen molar-refractivity contribution in [3.05, 3.63) is 83.6 Å². The lowest BCUT2D eigenvalue weighted by Gasteiger charge is -2.15. The van der Waals surface area contributed by atoms with Crippen molar-refractivity contribution < 1.29 is 4.79 Å². The molecule has 146 valence electrons. The third-order valence-corrected chi connectivity index (χ3v) is 5.90.